The van der Waals surface area contributed by atoms with Crippen molar-refractivity contribution in [1.29, 1.82) is 0 Å². The topological polar surface area (TPSA) is 24.4 Å². The Bertz CT molecular complexity index is 60.6. The van der Waals surface area contributed by atoms with Gasteiger partial charge in [-0.1, -0.05) is 0 Å². The lowest BCUT2D eigenvalue weighted by atomic mass is 10.8. The molecule has 0 radical (unpaired) electrons. The van der Waals surface area contributed by atoms with Gasteiger partial charge in [0.25, 0.3) is 0 Å². The van der Waals surface area contributed by atoms with Crippen molar-refractivity contribution in [2.45, 2.75) is 6.92 Å². The van der Waals surface area contributed by atoms with Gasteiger partial charge in [-0.05, 0) is 6.92 Å². The number of halogens is 2. The molecule has 1 N–H and O–H groups in total. The van der Waals surface area contributed by atoms with Gasteiger partial charge < -0.3 is 0 Å². The number of rotatable bonds is 0. The van der Waals surface area contributed by atoms with Gasteiger partial charge >= 0.3 is 0 Å². The van der Waals surface area contributed by atoms with Gasteiger partial charge in [-0.3, -0.25) is 4.84 Å². The van der Waals surface area contributed by atoms with Crippen molar-refractivity contribution >= 4 is 29.4 Å². The smallest absolute Gasteiger partial charge is 0.128 e. The Hall–Kier alpha value is 0.0500. The summed E-state index contributed by atoms with van der Waals surface area (Å²) in [5.74, 6) is 0.498. The fourth-order valence-electron chi connectivity index (χ4n) is 0.0160. The molecule has 6 heavy (non-hydrogen) atoms. The van der Waals surface area contributed by atoms with E-state index in [0.717, 1.165) is 0 Å². The van der Waals surface area contributed by atoms with Gasteiger partial charge in [0.05, 0.1) is 0 Å². The highest BCUT2D eigenvalue weighted by Crippen LogP contribution is 1.77. The Morgan fingerprint density at radius 1 is 1.83 bits per heavy atom. The van der Waals surface area contributed by atoms with Crippen LogP contribution in [0.3, 0.4) is 0 Å². The van der Waals surface area contributed by atoms with Crippen molar-refractivity contribution in [3.8, 4) is 0 Å². The van der Waals surface area contributed by atoms with E-state index >= 15 is 0 Å². The van der Waals surface area contributed by atoms with Crippen LogP contribution in [-0.4, -0.2) is 5.84 Å². The average molecular weight is 127 g/mol. The summed E-state index contributed by atoms with van der Waals surface area (Å²) < 4.78 is 3.15. The SMILES string of the molecule is CC(=NCl)NCl. The standard InChI is InChI=1S/C2H4Cl2N2/c1-2(5-3)6-4/h1H3,(H,5,6). The molecule has 0 aromatic carbocycles. The summed E-state index contributed by atoms with van der Waals surface area (Å²) >= 11 is 9.88. The minimum Gasteiger partial charge on any atom is -0.285 e. The van der Waals surface area contributed by atoms with E-state index in [9.17, 15) is 0 Å². The lowest BCUT2D eigenvalue weighted by molar-refractivity contribution is 1.44. The van der Waals surface area contributed by atoms with Crippen LogP contribution in [0.5, 0.6) is 0 Å². The molecule has 0 aromatic rings. The lowest BCUT2D eigenvalue weighted by Gasteiger charge is -1.84. The predicted molar refractivity (Wildman–Crippen MR) is 28.0 cm³/mol. The second kappa shape index (κ2) is 3.25. The Morgan fingerprint density at radius 2 is 2.33 bits per heavy atom. The fourth-order valence-corrected chi connectivity index (χ4v) is 0.144. The van der Waals surface area contributed by atoms with Crippen molar-refractivity contribution in [1.82, 2.24) is 4.84 Å². The molecule has 0 spiro atoms. The third-order valence-electron chi connectivity index (χ3n) is 0.264. The highest BCUT2D eigenvalue weighted by molar-refractivity contribution is 6.26. The third-order valence-corrected chi connectivity index (χ3v) is 0.791. The van der Waals surface area contributed by atoms with E-state index in [-0.39, 0.29) is 0 Å². The minimum atomic E-state index is 0.498. The highest BCUT2D eigenvalue weighted by atomic mass is 35.5. The molecule has 0 unspecified atom stereocenters. The molecule has 0 fully saturated rings. The van der Waals surface area contributed by atoms with Crippen molar-refractivity contribution < 1.29 is 0 Å². The number of nitrogens with zero attached hydrogens (tertiary/aromatic N) is 1. The zero-order chi connectivity index (χ0) is 4.99. The molecule has 0 rings (SSSR count). The van der Waals surface area contributed by atoms with E-state index in [1.165, 1.54) is 0 Å². The largest absolute Gasteiger partial charge is 0.285 e. The molecule has 0 heterocycles. The molecule has 0 atom stereocenters. The van der Waals surface area contributed by atoms with Crippen LogP contribution in [0.15, 0.2) is 4.51 Å². The first-order valence-electron chi connectivity index (χ1n) is 1.33. The zero-order valence-corrected chi connectivity index (χ0v) is 4.72. The molecule has 0 saturated carbocycles. The summed E-state index contributed by atoms with van der Waals surface area (Å²) in [5, 5.41) is 0. The molecule has 0 bridgehead atoms. The summed E-state index contributed by atoms with van der Waals surface area (Å²) in [7, 11) is 0. The Kier molecular flexibility index (Phi) is 3.28. The Labute approximate surface area is 46.4 Å². The molecule has 0 aromatic heterocycles. The van der Waals surface area contributed by atoms with Gasteiger partial charge in [-0.15, -0.1) is 0 Å². The number of amidine groups is 1. The van der Waals surface area contributed by atoms with Gasteiger partial charge in [0, 0.05) is 23.6 Å². The van der Waals surface area contributed by atoms with E-state index < -0.39 is 0 Å². The monoisotopic (exact) mass is 126 g/mol. The summed E-state index contributed by atoms with van der Waals surface area (Å²) in [5.41, 5.74) is 0. The molecule has 0 aliphatic heterocycles. The van der Waals surface area contributed by atoms with Crippen LogP contribution in [0.25, 0.3) is 0 Å². The Balaban J connectivity index is 3.22. The summed E-state index contributed by atoms with van der Waals surface area (Å²) in [6, 6.07) is 0. The fraction of sp³-hybridized carbons (Fsp3) is 0.500. The Morgan fingerprint density at radius 3 is 2.33 bits per heavy atom. The lowest BCUT2D eigenvalue weighted by Crippen LogP contribution is -2.04. The van der Waals surface area contributed by atoms with Crippen molar-refractivity contribution in [2.24, 2.45) is 4.51 Å². The normalized spacial score (nSPS) is 11.5. The quantitative estimate of drug-likeness (QED) is 0.296. The van der Waals surface area contributed by atoms with Gasteiger partial charge in [0.1, 0.15) is 5.84 Å². The maximum Gasteiger partial charge on any atom is 0.128 e. The summed E-state index contributed by atoms with van der Waals surface area (Å²) in [6.07, 6.45) is 0. The zero-order valence-electron chi connectivity index (χ0n) is 3.20. The summed E-state index contributed by atoms with van der Waals surface area (Å²) in [4.78, 5) is 2.20. The second-order valence-electron chi connectivity index (χ2n) is 0.764. The van der Waals surface area contributed by atoms with Crippen LogP contribution in [-0.2, 0) is 0 Å². The molecule has 4 heteroatoms. The molecular weight excluding hydrogens is 123 g/mol. The third kappa shape index (κ3) is 2.30. The first-order chi connectivity index (χ1) is 2.81. The van der Waals surface area contributed by atoms with Crippen LogP contribution < -0.4 is 4.84 Å². The molecule has 36 valence electrons. The number of hydrogen-bond acceptors (Lipinski definition) is 1. The summed E-state index contributed by atoms with van der Waals surface area (Å²) in [6.45, 7) is 1.65. The first kappa shape index (κ1) is 6.05. The van der Waals surface area contributed by atoms with E-state index in [0.29, 0.717) is 5.84 Å². The van der Waals surface area contributed by atoms with E-state index in [2.05, 4.69) is 9.35 Å². The van der Waals surface area contributed by atoms with Crippen LogP contribution in [0.1, 0.15) is 6.92 Å². The highest BCUT2D eigenvalue weighted by Gasteiger charge is 1.76. The van der Waals surface area contributed by atoms with E-state index in [1.54, 1.807) is 6.92 Å². The molecule has 0 saturated heterocycles. The van der Waals surface area contributed by atoms with Gasteiger partial charge in [-0.25, -0.2) is 0 Å². The van der Waals surface area contributed by atoms with Crippen molar-refractivity contribution in [3.63, 3.8) is 0 Å². The van der Waals surface area contributed by atoms with E-state index in [4.69, 9.17) is 23.6 Å². The molecule has 2 nitrogen and oxygen atoms in total. The second-order valence-corrected chi connectivity index (χ2v) is 1.12. The van der Waals surface area contributed by atoms with Crippen molar-refractivity contribution in [2.75, 3.05) is 0 Å². The van der Waals surface area contributed by atoms with Gasteiger partial charge in [0.2, 0.25) is 0 Å². The van der Waals surface area contributed by atoms with Crippen molar-refractivity contribution in [3.05, 3.63) is 0 Å². The number of hydrogen-bond donors (Lipinski definition) is 1. The van der Waals surface area contributed by atoms with Crippen LogP contribution >= 0.6 is 23.6 Å². The molecule has 0 aliphatic carbocycles. The minimum absolute atomic E-state index is 0.498. The number of nitrogens with one attached hydrogen (secondary N) is 1. The van der Waals surface area contributed by atoms with Gasteiger partial charge in [-0.2, -0.15) is 4.51 Å². The van der Waals surface area contributed by atoms with Crippen LogP contribution in [0, 0.1) is 0 Å². The predicted octanol–water partition coefficient (Wildman–Crippen LogP) is 1.30. The molecule has 0 amide bonds. The maximum atomic E-state index is 4.99. The van der Waals surface area contributed by atoms with Crippen LogP contribution in [0.4, 0.5) is 0 Å². The molecule has 0 aliphatic rings. The molecular formula is C2H4Cl2N2. The van der Waals surface area contributed by atoms with Gasteiger partial charge in [0.15, 0.2) is 0 Å². The van der Waals surface area contributed by atoms with E-state index in [1.807, 2.05) is 0 Å². The first-order valence-corrected chi connectivity index (χ1v) is 2.05. The van der Waals surface area contributed by atoms with Crippen LogP contribution in [0.2, 0.25) is 0 Å². The maximum absolute atomic E-state index is 4.99. The average Bonchev–Trinajstić information content (AvgIpc) is 1.65.